The van der Waals surface area contributed by atoms with Crippen LogP contribution < -0.4 is 10.2 Å². The molecule has 4 rings (SSSR count). The highest BCUT2D eigenvalue weighted by Gasteiger charge is 2.19. The van der Waals surface area contributed by atoms with Gasteiger partial charge in [-0.25, -0.2) is 5.43 Å². The summed E-state index contributed by atoms with van der Waals surface area (Å²) in [6.45, 7) is 6.57. The lowest BCUT2D eigenvalue weighted by atomic mass is 9.87. The van der Waals surface area contributed by atoms with Crippen LogP contribution in [0.15, 0.2) is 87.5 Å². The van der Waals surface area contributed by atoms with Crippen LogP contribution in [0.5, 0.6) is 5.75 Å². The summed E-state index contributed by atoms with van der Waals surface area (Å²) in [5, 5.41) is 13.6. The predicted molar refractivity (Wildman–Crippen MR) is 153 cm³/mol. The average Bonchev–Trinajstić information content (AvgIpc) is 3.32. The minimum Gasteiger partial charge on any atom is -0.496 e. The first-order valence-electron chi connectivity index (χ1n) is 11.7. The molecule has 4 aromatic rings. The molecule has 9 heteroatoms. The number of hydrogen-bond acceptors (Lipinski definition) is 6. The Morgan fingerprint density at radius 1 is 1.08 bits per heavy atom. The minimum absolute atomic E-state index is 0.0619. The number of benzene rings is 3. The second kappa shape index (κ2) is 11.7. The number of hydrazone groups is 1. The molecular weight excluding hydrogens is 550 g/mol. The van der Waals surface area contributed by atoms with Gasteiger partial charge in [-0.05, 0) is 62.8 Å². The van der Waals surface area contributed by atoms with E-state index < -0.39 is 0 Å². The van der Waals surface area contributed by atoms with Crippen molar-refractivity contribution in [2.75, 3.05) is 12.9 Å². The minimum atomic E-state index is -0.243. The highest BCUT2D eigenvalue weighted by Crippen LogP contribution is 2.30. The van der Waals surface area contributed by atoms with E-state index in [0.29, 0.717) is 5.16 Å². The number of para-hydroxylation sites is 1. The smallest absolute Gasteiger partial charge is 0.250 e. The Morgan fingerprint density at radius 3 is 2.46 bits per heavy atom. The van der Waals surface area contributed by atoms with E-state index in [-0.39, 0.29) is 17.1 Å². The molecule has 0 radical (unpaired) electrons. The van der Waals surface area contributed by atoms with Crippen LogP contribution in [0.2, 0.25) is 0 Å². The molecule has 190 valence electrons. The monoisotopic (exact) mass is 577 g/mol. The first-order chi connectivity index (χ1) is 17.8. The normalized spacial score (nSPS) is 11.6. The summed E-state index contributed by atoms with van der Waals surface area (Å²) in [6, 6.07) is 23.8. The molecule has 7 nitrogen and oxygen atoms in total. The van der Waals surface area contributed by atoms with Gasteiger partial charge < -0.3 is 4.74 Å². The molecule has 0 atom stereocenters. The highest BCUT2D eigenvalue weighted by atomic mass is 79.9. The van der Waals surface area contributed by atoms with Crippen LogP contribution >= 0.6 is 27.7 Å². The first kappa shape index (κ1) is 26.6. The summed E-state index contributed by atoms with van der Waals surface area (Å²) in [7, 11) is 1.61. The van der Waals surface area contributed by atoms with Crippen molar-refractivity contribution in [3.8, 4) is 22.8 Å². The lowest BCUT2D eigenvalue weighted by Crippen LogP contribution is -2.20. The van der Waals surface area contributed by atoms with Gasteiger partial charge in [0.05, 0.1) is 23.5 Å². The van der Waals surface area contributed by atoms with Crippen molar-refractivity contribution >= 4 is 39.8 Å². The molecule has 1 heterocycles. The molecular formula is C28H28BrN5O2S. The number of aromatic nitrogens is 3. The highest BCUT2D eigenvalue weighted by molar-refractivity contribution is 9.10. The van der Waals surface area contributed by atoms with Crippen LogP contribution in [0.3, 0.4) is 0 Å². The second-order valence-corrected chi connectivity index (χ2v) is 11.1. The van der Waals surface area contributed by atoms with Crippen molar-refractivity contribution in [1.29, 1.82) is 0 Å². The van der Waals surface area contributed by atoms with Crippen molar-refractivity contribution < 1.29 is 9.53 Å². The third-order valence-electron chi connectivity index (χ3n) is 5.57. The van der Waals surface area contributed by atoms with Gasteiger partial charge >= 0.3 is 0 Å². The maximum absolute atomic E-state index is 12.5. The Labute approximate surface area is 229 Å². The summed E-state index contributed by atoms with van der Waals surface area (Å²) in [5.74, 6) is 1.34. The zero-order valence-corrected chi connectivity index (χ0v) is 23.5. The molecule has 0 bridgehead atoms. The molecule has 0 aliphatic carbocycles. The molecule has 0 saturated carbocycles. The fraction of sp³-hybridized carbons (Fsp3) is 0.214. The number of carbonyl (C=O) groups excluding carboxylic acids is 1. The Morgan fingerprint density at radius 2 is 1.81 bits per heavy atom. The fourth-order valence-electron chi connectivity index (χ4n) is 3.58. The fourth-order valence-corrected chi connectivity index (χ4v) is 4.89. The van der Waals surface area contributed by atoms with Crippen LogP contribution in [-0.4, -0.2) is 39.7 Å². The lowest BCUT2D eigenvalue weighted by Gasteiger charge is -2.19. The topological polar surface area (TPSA) is 81.4 Å². The summed E-state index contributed by atoms with van der Waals surface area (Å²) in [6.07, 6.45) is 1.58. The maximum atomic E-state index is 12.5. The number of nitrogens with one attached hydrogen (secondary N) is 1. The standard InChI is InChI=1S/C28H28BrN5O2S/c1-28(2,3)21-13-11-20(12-14-21)26-32-33-27(34(26)22-8-6-5-7-9-22)37-18-25(35)31-30-17-19-10-15-24(36-4)23(29)16-19/h5-17H,18H2,1-4H3,(H,31,35)/b30-17-. The quantitative estimate of drug-likeness (QED) is 0.152. The second-order valence-electron chi connectivity index (χ2n) is 9.28. The summed E-state index contributed by atoms with van der Waals surface area (Å²) in [5.41, 5.74) is 6.59. The molecule has 0 spiro atoms. The van der Waals surface area contributed by atoms with E-state index in [1.165, 1.54) is 17.3 Å². The van der Waals surface area contributed by atoms with E-state index in [2.05, 4.69) is 81.7 Å². The van der Waals surface area contributed by atoms with Crippen LogP contribution in [-0.2, 0) is 10.2 Å². The third kappa shape index (κ3) is 6.67. The van der Waals surface area contributed by atoms with Gasteiger partial charge in [-0.3, -0.25) is 9.36 Å². The zero-order chi connectivity index (χ0) is 26.4. The van der Waals surface area contributed by atoms with E-state index in [0.717, 1.165) is 32.9 Å². The number of methoxy groups -OCH3 is 1. The van der Waals surface area contributed by atoms with E-state index in [9.17, 15) is 4.79 Å². The summed E-state index contributed by atoms with van der Waals surface area (Å²) >= 11 is 4.75. The van der Waals surface area contributed by atoms with Crippen LogP contribution in [0.4, 0.5) is 0 Å². The number of hydrogen-bond donors (Lipinski definition) is 1. The summed E-state index contributed by atoms with van der Waals surface area (Å²) < 4.78 is 8.01. The molecule has 0 aliphatic rings. The van der Waals surface area contributed by atoms with Gasteiger partial charge in [0, 0.05) is 11.3 Å². The van der Waals surface area contributed by atoms with Gasteiger partial charge in [0.2, 0.25) is 0 Å². The molecule has 0 aliphatic heterocycles. The SMILES string of the molecule is COc1ccc(/C=N\NC(=O)CSc2nnc(-c3ccc(C(C)(C)C)cc3)n2-c2ccccc2)cc1Br. The first-order valence-corrected chi connectivity index (χ1v) is 13.4. The molecule has 37 heavy (non-hydrogen) atoms. The van der Waals surface area contributed by atoms with E-state index in [4.69, 9.17) is 4.74 Å². The molecule has 0 fully saturated rings. The Hall–Kier alpha value is -3.43. The van der Waals surface area contributed by atoms with Crippen molar-refractivity contribution in [3.05, 3.63) is 88.4 Å². The van der Waals surface area contributed by atoms with Crippen molar-refractivity contribution in [3.63, 3.8) is 0 Å². The van der Waals surface area contributed by atoms with Gasteiger partial charge in [-0.1, -0.05) is 75.0 Å². The van der Waals surface area contributed by atoms with E-state index >= 15 is 0 Å². The van der Waals surface area contributed by atoms with Crippen LogP contribution in [0.25, 0.3) is 17.1 Å². The van der Waals surface area contributed by atoms with Gasteiger partial charge in [-0.15, -0.1) is 10.2 Å². The molecule has 1 N–H and O–H groups in total. The Kier molecular flexibility index (Phi) is 8.45. The molecule has 3 aromatic carbocycles. The van der Waals surface area contributed by atoms with Crippen molar-refractivity contribution in [2.45, 2.75) is 31.3 Å². The molecule has 1 aromatic heterocycles. The van der Waals surface area contributed by atoms with Gasteiger partial charge in [0.15, 0.2) is 11.0 Å². The number of carbonyl (C=O) groups is 1. The van der Waals surface area contributed by atoms with Gasteiger partial charge in [-0.2, -0.15) is 5.10 Å². The Bertz CT molecular complexity index is 1400. The number of amides is 1. The molecule has 0 saturated heterocycles. The number of rotatable bonds is 8. The predicted octanol–water partition coefficient (Wildman–Crippen LogP) is 6.25. The van der Waals surface area contributed by atoms with Gasteiger partial charge in [0.25, 0.3) is 5.91 Å². The molecule has 1 amide bonds. The number of nitrogens with zero attached hydrogens (tertiary/aromatic N) is 4. The van der Waals surface area contributed by atoms with E-state index in [1.54, 1.807) is 13.3 Å². The average molecular weight is 579 g/mol. The van der Waals surface area contributed by atoms with Crippen LogP contribution in [0.1, 0.15) is 31.9 Å². The van der Waals surface area contributed by atoms with Crippen LogP contribution in [0, 0.1) is 0 Å². The number of thioether (sulfide) groups is 1. The van der Waals surface area contributed by atoms with Crippen molar-refractivity contribution in [2.24, 2.45) is 5.10 Å². The van der Waals surface area contributed by atoms with Crippen molar-refractivity contribution in [1.82, 2.24) is 20.2 Å². The van der Waals surface area contributed by atoms with Gasteiger partial charge in [0.1, 0.15) is 5.75 Å². The third-order valence-corrected chi connectivity index (χ3v) is 7.12. The summed E-state index contributed by atoms with van der Waals surface area (Å²) in [4.78, 5) is 12.5. The maximum Gasteiger partial charge on any atom is 0.250 e. The van der Waals surface area contributed by atoms with E-state index in [1.807, 2.05) is 53.1 Å². The largest absolute Gasteiger partial charge is 0.496 e. The lowest BCUT2D eigenvalue weighted by molar-refractivity contribution is -0.118. The number of ether oxygens (including phenoxy) is 1. The number of halogens is 1. The molecule has 0 unspecified atom stereocenters. The zero-order valence-electron chi connectivity index (χ0n) is 21.1. The Balaban J connectivity index is 1.49.